The van der Waals surface area contributed by atoms with Crippen LogP contribution in [0.1, 0.15) is 5.56 Å². The molecule has 1 aliphatic rings. The minimum absolute atomic E-state index is 0.369. The molecule has 1 N–H and O–H groups in total. The van der Waals surface area contributed by atoms with Crippen LogP contribution in [0.15, 0.2) is 36.4 Å². The third-order valence-electron chi connectivity index (χ3n) is 3.23. The molecule has 1 aromatic carbocycles. The Morgan fingerprint density at radius 3 is 2.85 bits per heavy atom. The zero-order chi connectivity index (χ0) is 13.9. The molecule has 2 aromatic rings. The fourth-order valence-electron chi connectivity index (χ4n) is 2.27. The van der Waals surface area contributed by atoms with Gasteiger partial charge < -0.3 is 9.64 Å². The smallest absolute Gasteiger partial charge is 0.412 e. The van der Waals surface area contributed by atoms with Crippen molar-refractivity contribution in [1.29, 1.82) is 0 Å². The maximum absolute atomic E-state index is 11.1. The van der Waals surface area contributed by atoms with Crippen LogP contribution in [0.3, 0.4) is 0 Å². The Bertz CT molecular complexity index is 627. The van der Waals surface area contributed by atoms with Gasteiger partial charge in [-0.1, -0.05) is 18.2 Å². The second-order valence-corrected chi connectivity index (χ2v) is 4.42. The Balaban J connectivity index is 1.81. The summed E-state index contributed by atoms with van der Waals surface area (Å²) in [6, 6.07) is 11.8. The highest BCUT2D eigenvalue weighted by atomic mass is 16.5. The van der Waals surface area contributed by atoms with Gasteiger partial charge in [0.15, 0.2) is 11.6 Å². The minimum atomic E-state index is -0.557. The molecule has 1 aromatic heterocycles. The summed E-state index contributed by atoms with van der Waals surface area (Å²) in [5.74, 6) is 1.14. The van der Waals surface area contributed by atoms with Crippen molar-refractivity contribution in [2.24, 2.45) is 0 Å². The predicted molar refractivity (Wildman–Crippen MR) is 75.2 cm³/mol. The maximum Gasteiger partial charge on any atom is 0.412 e. The highest BCUT2D eigenvalue weighted by molar-refractivity contribution is 5.83. The lowest BCUT2D eigenvalue weighted by Gasteiger charge is -2.17. The van der Waals surface area contributed by atoms with Crippen LogP contribution in [0, 0.1) is 0 Å². The molecule has 20 heavy (non-hydrogen) atoms. The lowest BCUT2D eigenvalue weighted by Crippen LogP contribution is -2.17. The second kappa shape index (κ2) is 5.16. The molecule has 0 unspecified atom stereocenters. The highest BCUT2D eigenvalue weighted by Crippen LogP contribution is 2.32. The van der Waals surface area contributed by atoms with E-state index >= 15 is 0 Å². The molecule has 0 spiro atoms. The Morgan fingerprint density at radius 2 is 2.10 bits per heavy atom. The number of rotatable bonds is 2. The van der Waals surface area contributed by atoms with Crippen LogP contribution in [0.5, 0.6) is 0 Å². The minimum Gasteiger partial charge on any atom is -0.453 e. The largest absolute Gasteiger partial charge is 0.453 e. The number of para-hydroxylation sites is 1. The van der Waals surface area contributed by atoms with E-state index in [9.17, 15) is 4.79 Å². The molecule has 2 heterocycles. The van der Waals surface area contributed by atoms with Crippen molar-refractivity contribution in [3.8, 4) is 0 Å². The molecule has 0 atom stereocenters. The number of ether oxygens (including phenoxy) is 1. The molecule has 0 fully saturated rings. The summed E-state index contributed by atoms with van der Waals surface area (Å²) in [5.41, 5.74) is 2.47. The van der Waals surface area contributed by atoms with Crippen LogP contribution in [-0.4, -0.2) is 29.9 Å². The fraction of sp³-hybridized carbons (Fsp3) is 0.214. The van der Waals surface area contributed by atoms with Crippen molar-refractivity contribution in [3.05, 3.63) is 42.0 Å². The van der Waals surface area contributed by atoms with E-state index in [4.69, 9.17) is 0 Å². The lowest BCUT2D eigenvalue weighted by atomic mass is 10.2. The van der Waals surface area contributed by atoms with Gasteiger partial charge >= 0.3 is 6.09 Å². The van der Waals surface area contributed by atoms with E-state index in [0.29, 0.717) is 5.82 Å². The molecule has 0 saturated heterocycles. The van der Waals surface area contributed by atoms with Gasteiger partial charge in [-0.15, -0.1) is 10.2 Å². The van der Waals surface area contributed by atoms with Gasteiger partial charge in [0.25, 0.3) is 0 Å². The van der Waals surface area contributed by atoms with Gasteiger partial charge in [-0.3, -0.25) is 5.32 Å². The van der Waals surface area contributed by atoms with E-state index in [0.717, 1.165) is 24.5 Å². The number of nitrogens with one attached hydrogen (secondary N) is 1. The number of methoxy groups -OCH3 is 1. The number of carbonyl (C=O) groups is 1. The SMILES string of the molecule is COC(=O)Nc1ccc(N2CCc3ccccc32)nn1. The first-order valence-electron chi connectivity index (χ1n) is 6.32. The number of anilines is 3. The molecule has 3 rings (SSSR count). The van der Waals surface area contributed by atoms with E-state index in [1.165, 1.54) is 12.7 Å². The summed E-state index contributed by atoms with van der Waals surface area (Å²) < 4.78 is 4.50. The molecule has 6 heteroatoms. The van der Waals surface area contributed by atoms with Gasteiger partial charge in [0.05, 0.1) is 7.11 Å². The Labute approximate surface area is 116 Å². The average Bonchev–Trinajstić information content (AvgIpc) is 2.92. The zero-order valence-corrected chi connectivity index (χ0v) is 11.0. The number of nitrogens with zero attached hydrogens (tertiary/aromatic N) is 3. The van der Waals surface area contributed by atoms with Gasteiger partial charge in [-0.25, -0.2) is 4.79 Å². The number of hydrogen-bond donors (Lipinski definition) is 1. The van der Waals surface area contributed by atoms with E-state index in [2.05, 4.69) is 37.3 Å². The third kappa shape index (κ3) is 2.27. The van der Waals surface area contributed by atoms with Crippen LogP contribution >= 0.6 is 0 Å². The van der Waals surface area contributed by atoms with Crippen LogP contribution in [0.2, 0.25) is 0 Å². The van der Waals surface area contributed by atoms with Crippen molar-refractivity contribution in [3.63, 3.8) is 0 Å². The van der Waals surface area contributed by atoms with Crippen LogP contribution in [0.25, 0.3) is 0 Å². The number of aromatic nitrogens is 2. The first-order valence-corrected chi connectivity index (χ1v) is 6.32. The summed E-state index contributed by atoms with van der Waals surface area (Å²) in [6.07, 6.45) is 0.443. The van der Waals surface area contributed by atoms with Crippen LogP contribution < -0.4 is 10.2 Å². The van der Waals surface area contributed by atoms with Gasteiger partial charge in [0.1, 0.15) is 0 Å². The molecular weight excluding hydrogens is 256 g/mol. The highest BCUT2D eigenvalue weighted by Gasteiger charge is 2.20. The molecule has 6 nitrogen and oxygen atoms in total. The monoisotopic (exact) mass is 270 g/mol. The van der Waals surface area contributed by atoms with Gasteiger partial charge in [0.2, 0.25) is 0 Å². The normalized spacial score (nSPS) is 12.9. The summed E-state index contributed by atoms with van der Waals surface area (Å²) in [4.78, 5) is 13.2. The summed E-state index contributed by atoms with van der Waals surface area (Å²) in [5, 5.41) is 10.6. The van der Waals surface area contributed by atoms with Crippen molar-refractivity contribution < 1.29 is 9.53 Å². The topological polar surface area (TPSA) is 67.3 Å². The zero-order valence-electron chi connectivity index (χ0n) is 11.0. The van der Waals surface area contributed by atoms with Crippen molar-refractivity contribution in [1.82, 2.24) is 10.2 Å². The predicted octanol–water partition coefficient (Wildman–Crippen LogP) is 2.35. The molecule has 0 bridgehead atoms. The summed E-state index contributed by atoms with van der Waals surface area (Å²) >= 11 is 0. The average molecular weight is 270 g/mol. The lowest BCUT2D eigenvalue weighted by molar-refractivity contribution is 0.187. The number of carbonyl (C=O) groups excluding carboxylic acids is 1. The maximum atomic E-state index is 11.1. The first-order chi connectivity index (χ1) is 9.78. The Morgan fingerprint density at radius 1 is 1.25 bits per heavy atom. The summed E-state index contributed by atoms with van der Waals surface area (Å²) in [7, 11) is 1.30. The molecule has 0 radical (unpaired) electrons. The standard InChI is InChI=1S/C14H14N4O2/c1-20-14(19)15-12-6-7-13(17-16-12)18-9-8-10-4-2-3-5-11(10)18/h2-7H,8-9H2,1H3,(H,15,16,19). The van der Waals surface area contributed by atoms with Crippen molar-refractivity contribution in [2.75, 3.05) is 23.9 Å². The number of amides is 1. The molecule has 102 valence electrons. The van der Waals surface area contributed by atoms with Gasteiger partial charge in [-0.05, 0) is 30.2 Å². The van der Waals surface area contributed by atoms with E-state index in [1.54, 1.807) is 6.07 Å². The second-order valence-electron chi connectivity index (χ2n) is 4.42. The fourth-order valence-corrected chi connectivity index (χ4v) is 2.27. The molecule has 0 saturated carbocycles. The van der Waals surface area contributed by atoms with Gasteiger partial charge in [-0.2, -0.15) is 0 Å². The third-order valence-corrected chi connectivity index (χ3v) is 3.23. The Kier molecular flexibility index (Phi) is 3.20. The molecular formula is C14H14N4O2. The first kappa shape index (κ1) is 12.4. The number of benzene rings is 1. The Hall–Kier alpha value is -2.63. The van der Waals surface area contributed by atoms with Crippen LogP contribution in [-0.2, 0) is 11.2 Å². The van der Waals surface area contributed by atoms with Gasteiger partial charge in [0, 0.05) is 12.2 Å². The van der Waals surface area contributed by atoms with Crippen molar-refractivity contribution >= 4 is 23.4 Å². The number of fused-ring (bicyclic) bond motifs is 1. The molecule has 0 aliphatic carbocycles. The van der Waals surface area contributed by atoms with Crippen molar-refractivity contribution in [2.45, 2.75) is 6.42 Å². The van der Waals surface area contributed by atoms with E-state index in [1.807, 2.05) is 18.2 Å². The van der Waals surface area contributed by atoms with Crippen LogP contribution in [0.4, 0.5) is 22.1 Å². The number of hydrogen-bond acceptors (Lipinski definition) is 5. The van der Waals surface area contributed by atoms with E-state index < -0.39 is 6.09 Å². The molecule has 1 amide bonds. The summed E-state index contributed by atoms with van der Waals surface area (Å²) in [6.45, 7) is 0.887. The quantitative estimate of drug-likeness (QED) is 0.907. The molecule has 1 aliphatic heterocycles. The van der Waals surface area contributed by atoms with E-state index in [-0.39, 0.29) is 0 Å².